The van der Waals surface area contributed by atoms with Gasteiger partial charge in [-0.2, -0.15) is 0 Å². The summed E-state index contributed by atoms with van der Waals surface area (Å²) >= 11 is 5.87. The first-order valence-corrected chi connectivity index (χ1v) is 6.33. The maximum Gasteiger partial charge on any atom is 0.227 e. The number of carbonyl (C=O) groups excluding carboxylic acids is 1. The second-order valence-corrected chi connectivity index (χ2v) is 4.66. The van der Waals surface area contributed by atoms with Crippen molar-refractivity contribution in [2.45, 2.75) is 12.5 Å². The highest BCUT2D eigenvalue weighted by Gasteiger charge is 2.27. The largest absolute Gasteiger partial charge is 0.377 e. The highest BCUT2D eigenvalue weighted by Crippen LogP contribution is 2.26. The van der Waals surface area contributed by atoms with Crippen LogP contribution in [0.5, 0.6) is 0 Å². The fourth-order valence-electron chi connectivity index (χ4n) is 2.10. The van der Waals surface area contributed by atoms with Crippen molar-refractivity contribution in [1.29, 1.82) is 0 Å². The second kappa shape index (κ2) is 6.03. The van der Waals surface area contributed by atoms with Crippen molar-refractivity contribution in [2.75, 3.05) is 19.8 Å². The molecule has 0 radical (unpaired) electrons. The Balaban J connectivity index is 2.19. The van der Waals surface area contributed by atoms with Crippen LogP contribution in [0.25, 0.3) is 0 Å². The van der Waals surface area contributed by atoms with Crippen molar-refractivity contribution in [2.24, 2.45) is 0 Å². The zero-order valence-corrected chi connectivity index (χ0v) is 10.9. The standard InChI is InChI=1S/C14H16ClNO2/c1-2-3-14(17)16-8-9-18-10-13(16)11-4-6-12(15)7-5-11/h2,4-7,13H,1,3,8-10H2. The van der Waals surface area contributed by atoms with Crippen molar-refractivity contribution >= 4 is 17.5 Å². The summed E-state index contributed by atoms with van der Waals surface area (Å²) in [5, 5.41) is 0.694. The zero-order valence-electron chi connectivity index (χ0n) is 10.1. The molecular weight excluding hydrogens is 250 g/mol. The lowest BCUT2D eigenvalue weighted by molar-refractivity contribution is -0.139. The van der Waals surface area contributed by atoms with Crippen LogP contribution >= 0.6 is 11.6 Å². The summed E-state index contributed by atoms with van der Waals surface area (Å²) in [6.07, 6.45) is 2.00. The van der Waals surface area contributed by atoms with Crippen LogP contribution in [0.2, 0.25) is 5.02 Å². The third kappa shape index (κ3) is 2.92. The van der Waals surface area contributed by atoms with Gasteiger partial charge in [-0.05, 0) is 17.7 Å². The van der Waals surface area contributed by atoms with Crippen molar-refractivity contribution in [3.63, 3.8) is 0 Å². The molecule has 0 saturated carbocycles. The number of carbonyl (C=O) groups is 1. The minimum Gasteiger partial charge on any atom is -0.377 e. The van der Waals surface area contributed by atoms with Crippen molar-refractivity contribution in [3.8, 4) is 0 Å². The summed E-state index contributed by atoms with van der Waals surface area (Å²) in [5.41, 5.74) is 1.05. The number of morpholine rings is 1. The maximum absolute atomic E-state index is 12.0. The molecule has 4 heteroatoms. The first kappa shape index (κ1) is 13.1. The number of nitrogens with zero attached hydrogens (tertiary/aromatic N) is 1. The minimum atomic E-state index is -0.0246. The zero-order chi connectivity index (χ0) is 13.0. The van der Waals surface area contributed by atoms with Crippen LogP contribution in [-0.4, -0.2) is 30.6 Å². The number of benzene rings is 1. The molecular formula is C14H16ClNO2. The number of ether oxygens (including phenoxy) is 1. The van der Waals surface area contributed by atoms with Gasteiger partial charge in [0, 0.05) is 18.0 Å². The SMILES string of the molecule is C=CCC(=O)N1CCOCC1c1ccc(Cl)cc1. The fourth-order valence-corrected chi connectivity index (χ4v) is 2.23. The Morgan fingerprint density at radius 1 is 1.50 bits per heavy atom. The molecule has 1 fully saturated rings. The number of hydrogen-bond acceptors (Lipinski definition) is 2. The predicted molar refractivity (Wildman–Crippen MR) is 71.5 cm³/mol. The molecule has 3 nitrogen and oxygen atoms in total. The molecule has 18 heavy (non-hydrogen) atoms. The molecule has 1 heterocycles. The average molecular weight is 266 g/mol. The van der Waals surface area contributed by atoms with Crippen molar-refractivity contribution in [1.82, 2.24) is 4.90 Å². The van der Waals surface area contributed by atoms with E-state index in [0.29, 0.717) is 31.2 Å². The number of halogens is 1. The summed E-state index contributed by atoms with van der Waals surface area (Å²) in [6, 6.07) is 7.53. The molecule has 2 rings (SSSR count). The molecule has 0 bridgehead atoms. The lowest BCUT2D eigenvalue weighted by Crippen LogP contribution is -2.43. The Morgan fingerprint density at radius 2 is 2.22 bits per heavy atom. The van der Waals surface area contributed by atoms with Crippen LogP contribution in [0.15, 0.2) is 36.9 Å². The molecule has 96 valence electrons. The van der Waals surface area contributed by atoms with Crippen LogP contribution in [-0.2, 0) is 9.53 Å². The molecule has 1 aromatic rings. The Hall–Kier alpha value is -1.32. The molecule has 1 aromatic carbocycles. The van der Waals surface area contributed by atoms with Crippen LogP contribution in [0.3, 0.4) is 0 Å². The summed E-state index contributed by atoms with van der Waals surface area (Å²) in [5.74, 6) is 0.0910. The van der Waals surface area contributed by atoms with E-state index < -0.39 is 0 Å². The van der Waals surface area contributed by atoms with Gasteiger partial charge >= 0.3 is 0 Å². The second-order valence-electron chi connectivity index (χ2n) is 4.22. The lowest BCUT2D eigenvalue weighted by Gasteiger charge is -2.35. The van der Waals surface area contributed by atoms with E-state index in [-0.39, 0.29) is 11.9 Å². The fraction of sp³-hybridized carbons (Fsp3) is 0.357. The van der Waals surface area contributed by atoms with Crippen molar-refractivity contribution in [3.05, 3.63) is 47.5 Å². The first-order chi connectivity index (χ1) is 8.72. The van der Waals surface area contributed by atoms with E-state index in [1.54, 1.807) is 6.08 Å². The van der Waals surface area contributed by atoms with Gasteiger partial charge in [0.2, 0.25) is 5.91 Å². The van der Waals surface area contributed by atoms with Gasteiger partial charge in [-0.1, -0.05) is 29.8 Å². The van der Waals surface area contributed by atoms with Gasteiger partial charge in [-0.15, -0.1) is 6.58 Å². The topological polar surface area (TPSA) is 29.5 Å². The van der Waals surface area contributed by atoms with E-state index in [1.165, 1.54) is 0 Å². The van der Waals surface area contributed by atoms with Gasteiger partial charge in [0.05, 0.1) is 19.3 Å². The minimum absolute atomic E-state index is 0.0246. The third-order valence-electron chi connectivity index (χ3n) is 3.02. The number of rotatable bonds is 3. The molecule has 0 aromatic heterocycles. The summed E-state index contributed by atoms with van der Waals surface area (Å²) in [4.78, 5) is 13.9. The Bertz CT molecular complexity index is 430. The summed E-state index contributed by atoms with van der Waals surface area (Å²) < 4.78 is 5.47. The first-order valence-electron chi connectivity index (χ1n) is 5.96. The van der Waals surface area contributed by atoms with Crippen molar-refractivity contribution < 1.29 is 9.53 Å². The molecule has 1 atom stereocenters. The Labute approximate surface area is 112 Å². The Kier molecular flexibility index (Phi) is 4.39. The molecule has 0 spiro atoms. The van der Waals surface area contributed by atoms with Gasteiger partial charge in [-0.3, -0.25) is 4.79 Å². The molecule has 1 aliphatic heterocycles. The van der Waals surface area contributed by atoms with Crippen LogP contribution in [0.1, 0.15) is 18.0 Å². The van der Waals surface area contributed by atoms with E-state index in [2.05, 4.69) is 6.58 Å². The van der Waals surface area contributed by atoms with Gasteiger partial charge < -0.3 is 9.64 Å². The van der Waals surface area contributed by atoms with Gasteiger partial charge in [0.15, 0.2) is 0 Å². The molecule has 1 saturated heterocycles. The highest BCUT2D eigenvalue weighted by molar-refractivity contribution is 6.30. The van der Waals surface area contributed by atoms with Crippen LogP contribution in [0.4, 0.5) is 0 Å². The third-order valence-corrected chi connectivity index (χ3v) is 3.27. The van der Waals surface area contributed by atoms with Crippen LogP contribution < -0.4 is 0 Å². The smallest absolute Gasteiger partial charge is 0.227 e. The lowest BCUT2D eigenvalue weighted by atomic mass is 10.0. The van der Waals surface area contributed by atoms with Gasteiger partial charge in [0.1, 0.15) is 0 Å². The monoisotopic (exact) mass is 265 g/mol. The number of amides is 1. The molecule has 0 aliphatic carbocycles. The average Bonchev–Trinajstić information content (AvgIpc) is 2.40. The van der Waals surface area contributed by atoms with E-state index >= 15 is 0 Å². The summed E-state index contributed by atoms with van der Waals surface area (Å²) in [7, 11) is 0. The summed E-state index contributed by atoms with van der Waals surface area (Å²) in [6.45, 7) is 5.36. The normalized spacial score (nSPS) is 19.6. The van der Waals surface area contributed by atoms with E-state index in [4.69, 9.17) is 16.3 Å². The quantitative estimate of drug-likeness (QED) is 0.787. The van der Waals surface area contributed by atoms with Gasteiger partial charge in [0.25, 0.3) is 0 Å². The predicted octanol–water partition coefficient (Wildman–Crippen LogP) is 2.82. The van der Waals surface area contributed by atoms with E-state index in [9.17, 15) is 4.79 Å². The van der Waals surface area contributed by atoms with E-state index in [1.807, 2.05) is 29.2 Å². The Morgan fingerprint density at radius 3 is 2.89 bits per heavy atom. The molecule has 0 N–H and O–H groups in total. The number of hydrogen-bond donors (Lipinski definition) is 0. The maximum atomic E-state index is 12.0. The van der Waals surface area contributed by atoms with E-state index in [0.717, 1.165) is 5.56 Å². The highest BCUT2D eigenvalue weighted by atomic mass is 35.5. The van der Waals surface area contributed by atoms with Crippen LogP contribution in [0, 0.1) is 0 Å². The van der Waals surface area contributed by atoms with Gasteiger partial charge in [-0.25, -0.2) is 0 Å². The molecule has 1 amide bonds. The molecule has 1 aliphatic rings. The molecule has 1 unspecified atom stereocenters.